The van der Waals surface area contributed by atoms with E-state index in [4.69, 9.17) is 4.74 Å². The van der Waals surface area contributed by atoms with Gasteiger partial charge in [-0.25, -0.2) is 0 Å². The largest absolute Gasteiger partial charge is 0.494 e. The van der Waals surface area contributed by atoms with Crippen LogP contribution in [0, 0.1) is 0 Å². The van der Waals surface area contributed by atoms with Gasteiger partial charge in [0.25, 0.3) is 0 Å². The summed E-state index contributed by atoms with van der Waals surface area (Å²) in [6.07, 6.45) is 0. The third-order valence-corrected chi connectivity index (χ3v) is 6.73. The molecule has 5 rings (SSSR count). The summed E-state index contributed by atoms with van der Waals surface area (Å²) in [5, 5.41) is 0. The lowest BCUT2D eigenvalue weighted by molar-refractivity contribution is 0.340. The van der Waals surface area contributed by atoms with Crippen LogP contribution in [0.2, 0.25) is 0 Å². The summed E-state index contributed by atoms with van der Waals surface area (Å²) < 4.78 is 5.75. The first kappa shape index (κ1) is 20.6. The predicted octanol–water partition coefficient (Wildman–Crippen LogP) is 7.75. The number of fused-ring (bicyclic) bond motifs is 3. The standard InChI is InChI=1S/C31H30O/c1-5-32-25-20-18-24(19-21-25)31(23-16-14-22(15-17-23)30(2,3)4)28-12-8-6-10-26(28)27-11-7-9-13-29(27)31/h6-21H,5H2,1-4H3. The first-order chi connectivity index (χ1) is 15.5. The van der Waals surface area contributed by atoms with Crippen LogP contribution in [0.3, 0.4) is 0 Å². The molecule has 0 N–H and O–H groups in total. The van der Waals surface area contributed by atoms with Crippen LogP contribution in [-0.2, 0) is 10.8 Å². The lowest BCUT2D eigenvalue weighted by Gasteiger charge is -2.34. The average Bonchev–Trinajstić information content (AvgIpc) is 3.11. The minimum absolute atomic E-state index is 0.121. The minimum atomic E-state index is -0.353. The fourth-order valence-corrected chi connectivity index (χ4v) is 5.21. The molecule has 0 amide bonds. The molecular weight excluding hydrogens is 388 g/mol. The van der Waals surface area contributed by atoms with E-state index >= 15 is 0 Å². The molecule has 4 aromatic carbocycles. The van der Waals surface area contributed by atoms with E-state index in [9.17, 15) is 0 Å². The molecular formula is C31H30O. The van der Waals surface area contributed by atoms with Crippen molar-refractivity contribution in [2.45, 2.75) is 38.5 Å². The number of hydrogen-bond donors (Lipinski definition) is 0. The molecule has 1 nitrogen and oxygen atoms in total. The van der Waals surface area contributed by atoms with Gasteiger partial charge in [0.1, 0.15) is 5.75 Å². The van der Waals surface area contributed by atoms with Gasteiger partial charge in [-0.3, -0.25) is 0 Å². The van der Waals surface area contributed by atoms with Gasteiger partial charge in [-0.1, -0.05) is 106 Å². The maximum atomic E-state index is 5.75. The molecule has 1 aliphatic carbocycles. The van der Waals surface area contributed by atoms with Crippen LogP contribution in [0.25, 0.3) is 11.1 Å². The van der Waals surface area contributed by atoms with Crippen molar-refractivity contribution in [3.63, 3.8) is 0 Å². The van der Waals surface area contributed by atoms with Crippen LogP contribution < -0.4 is 4.74 Å². The summed E-state index contributed by atoms with van der Waals surface area (Å²) >= 11 is 0. The van der Waals surface area contributed by atoms with Crippen molar-refractivity contribution in [1.29, 1.82) is 0 Å². The van der Waals surface area contributed by atoms with Crippen LogP contribution in [-0.4, -0.2) is 6.61 Å². The third kappa shape index (κ3) is 3.07. The zero-order valence-electron chi connectivity index (χ0n) is 19.4. The van der Waals surface area contributed by atoms with E-state index in [0.29, 0.717) is 6.61 Å². The van der Waals surface area contributed by atoms with Crippen molar-refractivity contribution in [3.05, 3.63) is 125 Å². The first-order valence-corrected chi connectivity index (χ1v) is 11.5. The molecule has 0 spiro atoms. The second kappa shape index (κ2) is 7.67. The van der Waals surface area contributed by atoms with Crippen LogP contribution >= 0.6 is 0 Å². The summed E-state index contributed by atoms with van der Waals surface area (Å²) in [5.74, 6) is 0.911. The Bertz CT molecular complexity index is 1200. The molecule has 0 saturated carbocycles. The van der Waals surface area contributed by atoms with E-state index in [1.54, 1.807) is 0 Å². The van der Waals surface area contributed by atoms with Crippen molar-refractivity contribution in [2.24, 2.45) is 0 Å². The summed E-state index contributed by atoms with van der Waals surface area (Å²) in [6, 6.07) is 35.7. The molecule has 0 aliphatic heterocycles. The Morgan fingerprint density at radius 1 is 0.625 bits per heavy atom. The zero-order valence-corrected chi connectivity index (χ0v) is 19.4. The molecule has 0 heterocycles. The topological polar surface area (TPSA) is 9.23 Å². The highest BCUT2D eigenvalue weighted by Crippen LogP contribution is 2.56. The van der Waals surface area contributed by atoms with Crippen molar-refractivity contribution < 1.29 is 4.74 Å². The molecule has 0 unspecified atom stereocenters. The Kier molecular flexibility index (Phi) is 4.93. The monoisotopic (exact) mass is 418 g/mol. The highest BCUT2D eigenvalue weighted by molar-refractivity contribution is 5.86. The fourth-order valence-electron chi connectivity index (χ4n) is 5.21. The average molecular weight is 419 g/mol. The highest BCUT2D eigenvalue weighted by atomic mass is 16.5. The Hall–Kier alpha value is -3.32. The molecule has 1 aliphatic rings. The van der Waals surface area contributed by atoms with Crippen molar-refractivity contribution in [3.8, 4) is 16.9 Å². The Morgan fingerprint density at radius 3 is 1.56 bits per heavy atom. The van der Waals surface area contributed by atoms with E-state index in [0.717, 1.165) is 5.75 Å². The number of hydrogen-bond acceptors (Lipinski definition) is 1. The third-order valence-electron chi connectivity index (χ3n) is 6.73. The molecule has 0 aromatic heterocycles. The number of rotatable bonds is 4. The minimum Gasteiger partial charge on any atom is -0.494 e. The normalized spacial score (nSPS) is 14.0. The van der Waals surface area contributed by atoms with Gasteiger partial charge < -0.3 is 4.74 Å². The second-order valence-corrected chi connectivity index (χ2v) is 9.63. The van der Waals surface area contributed by atoms with Gasteiger partial charge >= 0.3 is 0 Å². The Labute approximate surface area is 191 Å². The molecule has 0 atom stereocenters. The zero-order chi connectivity index (χ0) is 22.3. The highest BCUT2D eigenvalue weighted by Gasteiger charge is 2.45. The summed E-state index contributed by atoms with van der Waals surface area (Å²) in [7, 11) is 0. The van der Waals surface area contributed by atoms with E-state index in [1.807, 2.05) is 6.92 Å². The Morgan fingerprint density at radius 2 is 1.09 bits per heavy atom. The fraction of sp³-hybridized carbons (Fsp3) is 0.226. The van der Waals surface area contributed by atoms with Gasteiger partial charge in [0, 0.05) is 0 Å². The van der Waals surface area contributed by atoms with E-state index in [1.165, 1.54) is 38.9 Å². The van der Waals surface area contributed by atoms with Gasteiger partial charge in [0.05, 0.1) is 12.0 Å². The molecule has 1 heteroatoms. The van der Waals surface area contributed by atoms with Crippen molar-refractivity contribution >= 4 is 0 Å². The van der Waals surface area contributed by atoms with Crippen LogP contribution in [0.1, 0.15) is 55.5 Å². The summed E-state index contributed by atoms with van der Waals surface area (Å²) in [5.41, 5.74) is 9.00. The second-order valence-electron chi connectivity index (χ2n) is 9.63. The molecule has 160 valence electrons. The predicted molar refractivity (Wildman–Crippen MR) is 134 cm³/mol. The molecule has 0 saturated heterocycles. The van der Waals surface area contributed by atoms with Crippen LogP contribution in [0.4, 0.5) is 0 Å². The van der Waals surface area contributed by atoms with Crippen LogP contribution in [0.5, 0.6) is 5.75 Å². The lowest BCUT2D eigenvalue weighted by atomic mass is 9.67. The Balaban J connectivity index is 1.82. The number of ether oxygens (including phenoxy) is 1. The smallest absolute Gasteiger partial charge is 0.119 e. The molecule has 4 aromatic rings. The molecule has 0 radical (unpaired) electrons. The van der Waals surface area contributed by atoms with Gasteiger partial charge in [-0.15, -0.1) is 0 Å². The van der Waals surface area contributed by atoms with Gasteiger partial charge in [-0.2, -0.15) is 0 Å². The van der Waals surface area contributed by atoms with Crippen molar-refractivity contribution in [1.82, 2.24) is 0 Å². The lowest BCUT2D eigenvalue weighted by Crippen LogP contribution is -2.28. The van der Waals surface area contributed by atoms with Crippen LogP contribution in [0.15, 0.2) is 97.1 Å². The molecule has 32 heavy (non-hydrogen) atoms. The van der Waals surface area contributed by atoms with Gasteiger partial charge in [-0.05, 0) is 63.4 Å². The maximum absolute atomic E-state index is 5.75. The summed E-state index contributed by atoms with van der Waals surface area (Å²) in [4.78, 5) is 0. The number of benzene rings is 4. The van der Waals surface area contributed by atoms with Crippen molar-refractivity contribution in [2.75, 3.05) is 6.61 Å². The SMILES string of the molecule is CCOc1ccc(C2(c3ccc(C(C)(C)C)cc3)c3ccccc3-c3ccccc32)cc1. The maximum Gasteiger partial charge on any atom is 0.119 e. The van der Waals surface area contributed by atoms with E-state index in [2.05, 4.69) is 118 Å². The van der Waals surface area contributed by atoms with Gasteiger partial charge in [0.15, 0.2) is 0 Å². The molecule has 0 fully saturated rings. The quantitative estimate of drug-likeness (QED) is 0.290. The first-order valence-electron chi connectivity index (χ1n) is 11.5. The van der Waals surface area contributed by atoms with E-state index < -0.39 is 0 Å². The molecule has 0 bridgehead atoms. The summed E-state index contributed by atoms with van der Waals surface area (Å²) in [6.45, 7) is 9.50. The van der Waals surface area contributed by atoms with E-state index in [-0.39, 0.29) is 10.8 Å². The van der Waals surface area contributed by atoms with Gasteiger partial charge in [0.2, 0.25) is 0 Å².